The average molecular weight is 261 g/mol. The van der Waals surface area contributed by atoms with Crippen molar-refractivity contribution in [2.75, 3.05) is 6.54 Å². The van der Waals surface area contributed by atoms with Gasteiger partial charge >= 0.3 is 0 Å². The predicted octanol–water partition coefficient (Wildman–Crippen LogP) is 2.40. The number of nitrogens with zero attached hydrogens (tertiary/aromatic N) is 2. The van der Waals surface area contributed by atoms with Gasteiger partial charge in [-0.2, -0.15) is 5.26 Å². The van der Waals surface area contributed by atoms with Crippen LogP contribution in [0, 0.1) is 17.1 Å². The third kappa shape index (κ3) is 3.12. The second-order valence-electron chi connectivity index (χ2n) is 5.27. The number of piperidine rings is 1. The molecule has 2 atom stereocenters. The number of benzene rings is 1. The molecule has 0 radical (unpaired) electrons. The van der Waals surface area contributed by atoms with Gasteiger partial charge in [0.25, 0.3) is 0 Å². The van der Waals surface area contributed by atoms with Gasteiger partial charge in [-0.15, -0.1) is 0 Å². The molecule has 1 aromatic carbocycles. The standard InChI is InChI=1S/C15H20FN3/c1-11-3-2-4-14(9-18)19(11)10-12-5-6-15(16)13(7-12)8-17/h5-7,11,14H,2-4,9-10,18H2,1H3. The maximum atomic E-state index is 13.3. The second-order valence-corrected chi connectivity index (χ2v) is 5.27. The van der Waals surface area contributed by atoms with Gasteiger partial charge in [0.15, 0.2) is 0 Å². The zero-order valence-electron chi connectivity index (χ0n) is 11.3. The van der Waals surface area contributed by atoms with Crippen molar-refractivity contribution in [2.24, 2.45) is 5.73 Å². The van der Waals surface area contributed by atoms with Gasteiger partial charge in [0.05, 0.1) is 5.56 Å². The predicted molar refractivity (Wildman–Crippen MR) is 72.8 cm³/mol. The molecule has 1 aliphatic heterocycles. The van der Waals surface area contributed by atoms with Crippen LogP contribution in [0.2, 0.25) is 0 Å². The van der Waals surface area contributed by atoms with Crippen molar-refractivity contribution in [1.82, 2.24) is 4.90 Å². The van der Waals surface area contributed by atoms with E-state index in [0.29, 0.717) is 18.6 Å². The van der Waals surface area contributed by atoms with Gasteiger partial charge in [-0.25, -0.2) is 4.39 Å². The van der Waals surface area contributed by atoms with E-state index in [0.717, 1.165) is 18.5 Å². The van der Waals surface area contributed by atoms with Crippen molar-refractivity contribution in [3.8, 4) is 6.07 Å². The van der Waals surface area contributed by atoms with E-state index < -0.39 is 5.82 Å². The van der Waals surface area contributed by atoms with Crippen LogP contribution in [0.3, 0.4) is 0 Å². The summed E-state index contributed by atoms with van der Waals surface area (Å²) >= 11 is 0. The molecule has 0 spiro atoms. The normalized spacial score (nSPS) is 24.1. The van der Waals surface area contributed by atoms with Crippen LogP contribution in [0.15, 0.2) is 18.2 Å². The van der Waals surface area contributed by atoms with Gasteiger partial charge in [-0.05, 0) is 37.5 Å². The molecule has 0 bridgehead atoms. The Labute approximate surface area is 113 Å². The van der Waals surface area contributed by atoms with Gasteiger partial charge < -0.3 is 5.73 Å². The fourth-order valence-corrected chi connectivity index (χ4v) is 2.85. The highest BCUT2D eigenvalue weighted by Gasteiger charge is 2.26. The van der Waals surface area contributed by atoms with E-state index >= 15 is 0 Å². The molecule has 2 rings (SSSR count). The van der Waals surface area contributed by atoms with E-state index in [9.17, 15) is 4.39 Å². The first-order valence-corrected chi connectivity index (χ1v) is 6.80. The van der Waals surface area contributed by atoms with Crippen LogP contribution in [0.25, 0.3) is 0 Å². The van der Waals surface area contributed by atoms with Gasteiger partial charge in [0.1, 0.15) is 11.9 Å². The number of nitrogens with two attached hydrogens (primary N) is 1. The van der Waals surface area contributed by atoms with Gasteiger partial charge in [-0.3, -0.25) is 4.90 Å². The lowest BCUT2D eigenvalue weighted by atomic mass is 9.95. The highest BCUT2D eigenvalue weighted by molar-refractivity contribution is 5.34. The van der Waals surface area contributed by atoms with Gasteiger partial charge in [0.2, 0.25) is 0 Å². The molecule has 0 saturated carbocycles. The first-order valence-electron chi connectivity index (χ1n) is 6.80. The SMILES string of the molecule is CC1CCCC(CN)N1Cc1ccc(F)c(C#N)c1. The summed E-state index contributed by atoms with van der Waals surface area (Å²) in [6.07, 6.45) is 3.50. The Balaban J connectivity index is 2.17. The minimum Gasteiger partial charge on any atom is -0.329 e. The quantitative estimate of drug-likeness (QED) is 0.909. The van der Waals surface area contributed by atoms with Crippen molar-refractivity contribution in [3.05, 3.63) is 35.1 Å². The van der Waals surface area contributed by atoms with Crippen molar-refractivity contribution >= 4 is 0 Å². The Morgan fingerprint density at radius 1 is 1.47 bits per heavy atom. The van der Waals surface area contributed by atoms with Crippen LogP contribution >= 0.6 is 0 Å². The van der Waals surface area contributed by atoms with Crippen molar-refractivity contribution in [3.63, 3.8) is 0 Å². The zero-order valence-corrected chi connectivity index (χ0v) is 11.3. The van der Waals surface area contributed by atoms with Crippen LogP contribution in [-0.4, -0.2) is 23.5 Å². The lowest BCUT2D eigenvalue weighted by Crippen LogP contribution is -2.48. The molecule has 102 valence electrons. The molecular formula is C15H20FN3. The number of halogens is 1. The van der Waals surface area contributed by atoms with Crippen LogP contribution in [-0.2, 0) is 6.54 Å². The summed E-state index contributed by atoms with van der Waals surface area (Å²) in [4.78, 5) is 2.37. The average Bonchev–Trinajstić information content (AvgIpc) is 2.43. The van der Waals surface area contributed by atoms with Crippen molar-refractivity contribution < 1.29 is 4.39 Å². The van der Waals surface area contributed by atoms with E-state index in [2.05, 4.69) is 11.8 Å². The lowest BCUT2D eigenvalue weighted by molar-refractivity contribution is 0.0892. The molecule has 2 N–H and O–H groups in total. The Morgan fingerprint density at radius 3 is 2.95 bits per heavy atom. The van der Waals surface area contributed by atoms with Gasteiger partial charge in [0, 0.05) is 25.2 Å². The first kappa shape index (κ1) is 14.0. The fourth-order valence-electron chi connectivity index (χ4n) is 2.85. The Hall–Kier alpha value is -1.44. The molecular weight excluding hydrogens is 241 g/mol. The van der Waals surface area contributed by atoms with E-state index in [4.69, 9.17) is 11.0 Å². The summed E-state index contributed by atoms with van der Waals surface area (Å²) in [5.74, 6) is -0.451. The summed E-state index contributed by atoms with van der Waals surface area (Å²) in [5, 5.41) is 8.88. The highest BCUT2D eigenvalue weighted by atomic mass is 19.1. The third-order valence-corrected chi connectivity index (χ3v) is 3.98. The van der Waals surface area contributed by atoms with Crippen LogP contribution in [0.5, 0.6) is 0 Å². The minimum atomic E-state index is -0.451. The number of likely N-dealkylation sites (tertiary alicyclic amines) is 1. The summed E-state index contributed by atoms with van der Waals surface area (Å²) in [5.41, 5.74) is 6.93. The van der Waals surface area contributed by atoms with Crippen LogP contribution in [0.1, 0.15) is 37.3 Å². The van der Waals surface area contributed by atoms with Crippen molar-refractivity contribution in [1.29, 1.82) is 5.26 Å². The zero-order chi connectivity index (χ0) is 13.8. The molecule has 1 fully saturated rings. The molecule has 0 amide bonds. The minimum absolute atomic E-state index is 0.117. The maximum absolute atomic E-state index is 13.3. The highest BCUT2D eigenvalue weighted by Crippen LogP contribution is 2.24. The summed E-state index contributed by atoms with van der Waals surface area (Å²) in [6.45, 7) is 3.59. The molecule has 19 heavy (non-hydrogen) atoms. The Morgan fingerprint density at radius 2 is 2.26 bits per heavy atom. The molecule has 1 heterocycles. The fraction of sp³-hybridized carbons (Fsp3) is 0.533. The molecule has 0 aromatic heterocycles. The van der Waals surface area contributed by atoms with Crippen LogP contribution in [0.4, 0.5) is 4.39 Å². The van der Waals surface area contributed by atoms with Gasteiger partial charge in [-0.1, -0.05) is 12.5 Å². The topological polar surface area (TPSA) is 53.0 Å². The monoisotopic (exact) mass is 261 g/mol. The Kier molecular flexibility index (Phi) is 4.52. The number of hydrogen-bond donors (Lipinski definition) is 1. The van der Waals surface area contributed by atoms with E-state index in [1.165, 1.54) is 18.9 Å². The smallest absolute Gasteiger partial charge is 0.140 e. The molecule has 2 unspecified atom stereocenters. The van der Waals surface area contributed by atoms with E-state index in [1.54, 1.807) is 12.1 Å². The van der Waals surface area contributed by atoms with Crippen molar-refractivity contribution in [2.45, 2.75) is 44.8 Å². The molecule has 4 heteroatoms. The number of rotatable bonds is 3. The second kappa shape index (κ2) is 6.14. The van der Waals surface area contributed by atoms with E-state index in [1.807, 2.05) is 6.07 Å². The Bertz CT molecular complexity index is 481. The van der Waals surface area contributed by atoms with E-state index in [-0.39, 0.29) is 5.56 Å². The molecule has 1 aromatic rings. The largest absolute Gasteiger partial charge is 0.329 e. The first-order chi connectivity index (χ1) is 9.15. The number of hydrogen-bond acceptors (Lipinski definition) is 3. The molecule has 1 saturated heterocycles. The molecule has 3 nitrogen and oxygen atoms in total. The maximum Gasteiger partial charge on any atom is 0.140 e. The lowest BCUT2D eigenvalue weighted by Gasteiger charge is -2.40. The summed E-state index contributed by atoms with van der Waals surface area (Å²) in [7, 11) is 0. The molecule has 1 aliphatic rings. The number of nitriles is 1. The van der Waals surface area contributed by atoms with Crippen LogP contribution < -0.4 is 5.73 Å². The summed E-state index contributed by atoms with van der Waals surface area (Å²) in [6, 6.07) is 7.54. The molecule has 0 aliphatic carbocycles. The third-order valence-electron chi connectivity index (χ3n) is 3.98. The summed E-state index contributed by atoms with van der Waals surface area (Å²) < 4.78 is 13.3.